The fraction of sp³-hybridized carbons (Fsp3) is 0.600. The van der Waals surface area contributed by atoms with Crippen LogP contribution in [0.1, 0.15) is 25.0 Å². The van der Waals surface area contributed by atoms with Crippen molar-refractivity contribution < 1.29 is 4.74 Å². The van der Waals surface area contributed by atoms with Gasteiger partial charge in [-0.3, -0.25) is 0 Å². The second-order valence-corrected chi connectivity index (χ2v) is 3.43. The summed E-state index contributed by atoms with van der Waals surface area (Å²) in [4.78, 5) is 0. The Kier molecular flexibility index (Phi) is 2.93. The van der Waals surface area contributed by atoms with Crippen LogP contribution in [0.3, 0.4) is 0 Å². The van der Waals surface area contributed by atoms with Crippen LogP contribution >= 0.6 is 0 Å². The van der Waals surface area contributed by atoms with E-state index >= 15 is 0 Å². The molecule has 2 heterocycles. The average molecular weight is 193 g/mol. The van der Waals surface area contributed by atoms with Crippen LogP contribution in [-0.4, -0.2) is 30.0 Å². The van der Waals surface area contributed by atoms with Gasteiger partial charge in [-0.25, -0.2) is 0 Å². The SMILES string of the molecule is CCNc1ccc(C2CCOC2)nn1. The van der Waals surface area contributed by atoms with Crippen molar-refractivity contribution in [3.63, 3.8) is 0 Å². The Morgan fingerprint density at radius 3 is 3.00 bits per heavy atom. The molecule has 0 spiro atoms. The predicted octanol–water partition coefficient (Wildman–Crippen LogP) is 1.41. The zero-order valence-electron chi connectivity index (χ0n) is 8.36. The van der Waals surface area contributed by atoms with Crippen LogP contribution in [0.25, 0.3) is 0 Å². The summed E-state index contributed by atoms with van der Waals surface area (Å²) in [5, 5.41) is 11.4. The third-order valence-electron chi connectivity index (χ3n) is 2.39. The molecule has 1 aromatic heterocycles. The van der Waals surface area contributed by atoms with Crippen molar-refractivity contribution in [3.05, 3.63) is 17.8 Å². The third kappa shape index (κ3) is 2.01. The smallest absolute Gasteiger partial charge is 0.148 e. The highest BCUT2D eigenvalue weighted by atomic mass is 16.5. The van der Waals surface area contributed by atoms with Crippen LogP contribution in [0.4, 0.5) is 5.82 Å². The molecule has 1 N–H and O–H groups in total. The first-order valence-electron chi connectivity index (χ1n) is 5.05. The van der Waals surface area contributed by atoms with Crippen LogP contribution in [-0.2, 0) is 4.74 Å². The molecule has 14 heavy (non-hydrogen) atoms. The molecule has 1 aromatic rings. The van der Waals surface area contributed by atoms with Crippen LogP contribution in [0.2, 0.25) is 0 Å². The van der Waals surface area contributed by atoms with Gasteiger partial charge in [0.1, 0.15) is 5.82 Å². The number of nitrogens with zero attached hydrogens (tertiary/aromatic N) is 2. The standard InChI is InChI=1S/C10H15N3O/c1-2-11-10-4-3-9(12-13-10)8-5-6-14-7-8/h3-4,8H,2,5-7H2,1H3,(H,11,13). The molecule has 1 unspecified atom stereocenters. The summed E-state index contributed by atoms with van der Waals surface area (Å²) in [7, 11) is 0. The molecule has 1 atom stereocenters. The van der Waals surface area contributed by atoms with Crippen molar-refractivity contribution in [2.24, 2.45) is 0 Å². The number of nitrogens with one attached hydrogen (secondary N) is 1. The van der Waals surface area contributed by atoms with E-state index in [4.69, 9.17) is 4.74 Å². The lowest BCUT2D eigenvalue weighted by Crippen LogP contribution is -2.05. The topological polar surface area (TPSA) is 47.0 Å². The van der Waals surface area contributed by atoms with Crippen molar-refractivity contribution in [1.82, 2.24) is 10.2 Å². The van der Waals surface area contributed by atoms with E-state index in [9.17, 15) is 0 Å². The minimum Gasteiger partial charge on any atom is -0.381 e. The van der Waals surface area contributed by atoms with Gasteiger partial charge in [0, 0.05) is 19.1 Å². The highest BCUT2D eigenvalue weighted by Crippen LogP contribution is 2.23. The van der Waals surface area contributed by atoms with Gasteiger partial charge in [-0.1, -0.05) is 0 Å². The van der Waals surface area contributed by atoms with Crippen LogP contribution in [0.15, 0.2) is 12.1 Å². The number of hydrogen-bond donors (Lipinski definition) is 1. The number of aromatic nitrogens is 2. The van der Waals surface area contributed by atoms with Crippen LogP contribution in [0.5, 0.6) is 0 Å². The predicted molar refractivity (Wildman–Crippen MR) is 54.4 cm³/mol. The van der Waals surface area contributed by atoms with Gasteiger partial charge < -0.3 is 10.1 Å². The molecule has 0 aromatic carbocycles. The maximum Gasteiger partial charge on any atom is 0.148 e. The highest BCUT2D eigenvalue weighted by Gasteiger charge is 2.19. The Bertz CT molecular complexity index is 280. The Hall–Kier alpha value is -1.16. The van der Waals surface area contributed by atoms with E-state index in [0.29, 0.717) is 5.92 Å². The number of hydrogen-bond acceptors (Lipinski definition) is 4. The maximum absolute atomic E-state index is 5.31. The van der Waals surface area contributed by atoms with E-state index in [1.807, 2.05) is 19.1 Å². The first kappa shape index (κ1) is 9.40. The lowest BCUT2D eigenvalue weighted by Gasteiger charge is -2.06. The Morgan fingerprint density at radius 1 is 1.50 bits per heavy atom. The summed E-state index contributed by atoms with van der Waals surface area (Å²) in [5.74, 6) is 1.29. The fourth-order valence-electron chi connectivity index (χ4n) is 1.60. The molecule has 0 bridgehead atoms. The molecule has 0 radical (unpaired) electrons. The van der Waals surface area contributed by atoms with Crippen LogP contribution in [0, 0.1) is 0 Å². The van der Waals surface area contributed by atoms with Gasteiger partial charge in [-0.05, 0) is 25.5 Å². The first-order valence-corrected chi connectivity index (χ1v) is 5.05. The quantitative estimate of drug-likeness (QED) is 0.788. The average Bonchev–Trinajstić information content (AvgIpc) is 2.72. The first-order chi connectivity index (χ1) is 6.90. The van der Waals surface area contributed by atoms with E-state index in [2.05, 4.69) is 15.5 Å². The summed E-state index contributed by atoms with van der Waals surface area (Å²) < 4.78 is 5.31. The van der Waals surface area contributed by atoms with Gasteiger partial charge in [0.25, 0.3) is 0 Å². The molecule has 1 saturated heterocycles. The normalized spacial score (nSPS) is 21.1. The molecule has 1 aliphatic rings. The lowest BCUT2D eigenvalue weighted by molar-refractivity contribution is 0.193. The molecule has 1 aliphatic heterocycles. The fourth-order valence-corrected chi connectivity index (χ4v) is 1.60. The monoisotopic (exact) mass is 193 g/mol. The van der Waals surface area contributed by atoms with E-state index in [0.717, 1.165) is 37.7 Å². The van der Waals surface area contributed by atoms with Gasteiger partial charge >= 0.3 is 0 Å². The molecule has 4 heteroatoms. The van der Waals surface area contributed by atoms with E-state index < -0.39 is 0 Å². The van der Waals surface area contributed by atoms with Crippen molar-refractivity contribution in [2.45, 2.75) is 19.3 Å². The summed E-state index contributed by atoms with van der Waals surface area (Å²) in [5.41, 5.74) is 1.05. The van der Waals surface area contributed by atoms with E-state index in [1.54, 1.807) is 0 Å². The van der Waals surface area contributed by atoms with Crippen molar-refractivity contribution in [2.75, 3.05) is 25.1 Å². The number of anilines is 1. The molecule has 1 fully saturated rings. The van der Waals surface area contributed by atoms with Crippen molar-refractivity contribution in [3.8, 4) is 0 Å². The molecule has 0 saturated carbocycles. The summed E-state index contributed by atoms with van der Waals surface area (Å²) in [6, 6.07) is 4.01. The summed E-state index contributed by atoms with van der Waals surface area (Å²) in [6.45, 7) is 4.55. The van der Waals surface area contributed by atoms with Gasteiger partial charge in [-0.2, -0.15) is 5.10 Å². The van der Waals surface area contributed by atoms with Crippen molar-refractivity contribution >= 4 is 5.82 Å². The summed E-state index contributed by atoms with van der Waals surface area (Å²) >= 11 is 0. The largest absolute Gasteiger partial charge is 0.381 e. The Labute approximate surface area is 83.7 Å². The molecule has 4 nitrogen and oxygen atoms in total. The summed E-state index contributed by atoms with van der Waals surface area (Å²) in [6.07, 6.45) is 1.06. The molecule has 2 rings (SSSR count). The highest BCUT2D eigenvalue weighted by molar-refractivity contribution is 5.33. The third-order valence-corrected chi connectivity index (χ3v) is 2.39. The Morgan fingerprint density at radius 2 is 2.43 bits per heavy atom. The van der Waals surface area contributed by atoms with Crippen molar-refractivity contribution in [1.29, 1.82) is 0 Å². The molecule has 0 aliphatic carbocycles. The lowest BCUT2D eigenvalue weighted by atomic mass is 10.1. The van der Waals surface area contributed by atoms with Gasteiger partial charge in [-0.15, -0.1) is 5.10 Å². The second-order valence-electron chi connectivity index (χ2n) is 3.43. The molecular formula is C10H15N3O. The zero-order chi connectivity index (χ0) is 9.80. The molecular weight excluding hydrogens is 178 g/mol. The van der Waals surface area contributed by atoms with Gasteiger partial charge in [0.05, 0.1) is 12.3 Å². The van der Waals surface area contributed by atoms with Gasteiger partial charge in [0.2, 0.25) is 0 Å². The second kappa shape index (κ2) is 4.37. The Balaban J connectivity index is 2.05. The molecule has 0 amide bonds. The maximum atomic E-state index is 5.31. The van der Waals surface area contributed by atoms with E-state index in [-0.39, 0.29) is 0 Å². The minimum atomic E-state index is 0.443. The van der Waals surface area contributed by atoms with E-state index in [1.165, 1.54) is 0 Å². The zero-order valence-corrected chi connectivity index (χ0v) is 8.36. The number of rotatable bonds is 3. The van der Waals surface area contributed by atoms with Gasteiger partial charge in [0.15, 0.2) is 0 Å². The number of ether oxygens (including phenoxy) is 1. The van der Waals surface area contributed by atoms with Crippen LogP contribution < -0.4 is 5.32 Å². The minimum absolute atomic E-state index is 0.443. The molecule has 76 valence electrons.